The zero-order valence-electron chi connectivity index (χ0n) is 12.1. The van der Waals surface area contributed by atoms with E-state index in [-0.39, 0.29) is 0 Å². The van der Waals surface area contributed by atoms with E-state index in [0.717, 1.165) is 17.9 Å². The largest absolute Gasteiger partial charge is 0.388 e. The Balaban J connectivity index is 2.17. The number of rotatable bonds is 4. The summed E-state index contributed by atoms with van der Waals surface area (Å²) in [4.78, 5) is 6.64. The number of benzene rings is 1. The smallest absolute Gasteiger partial charge is 0.0617 e. The van der Waals surface area contributed by atoms with Gasteiger partial charge in [-0.2, -0.15) is 0 Å². The molecule has 0 radical (unpaired) electrons. The molecule has 1 aromatic heterocycles. The molecule has 2 aromatic rings. The lowest BCUT2D eigenvalue weighted by molar-refractivity contribution is 0.884. The second-order valence-electron chi connectivity index (χ2n) is 4.99. The molecular formula is C16H21N3. The van der Waals surface area contributed by atoms with Crippen molar-refractivity contribution >= 4 is 11.4 Å². The van der Waals surface area contributed by atoms with E-state index in [1.54, 1.807) is 0 Å². The molecule has 19 heavy (non-hydrogen) atoms. The summed E-state index contributed by atoms with van der Waals surface area (Å²) in [5, 5.41) is 3.14. The molecule has 1 N–H and O–H groups in total. The van der Waals surface area contributed by atoms with Gasteiger partial charge in [0.25, 0.3) is 0 Å². The van der Waals surface area contributed by atoms with Crippen LogP contribution in [0, 0.1) is 13.8 Å². The lowest BCUT2D eigenvalue weighted by atomic mass is 10.1. The predicted molar refractivity (Wildman–Crippen MR) is 81.8 cm³/mol. The first-order valence-corrected chi connectivity index (χ1v) is 6.50. The normalized spacial score (nSPS) is 10.3. The van der Waals surface area contributed by atoms with Crippen molar-refractivity contribution in [1.82, 2.24) is 4.98 Å². The fraction of sp³-hybridized carbons (Fsp3) is 0.312. The highest BCUT2D eigenvalue weighted by Gasteiger charge is 2.05. The summed E-state index contributed by atoms with van der Waals surface area (Å²) >= 11 is 0. The van der Waals surface area contributed by atoms with E-state index in [1.165, 1.54) is 16.8 Å². The highest BCUT2D eigenvalue weighted by Crippen LogP contribution is 2.19. The lowest BCUT2D eigenvalue weighted by Gasteiger charge is -2.20. The van der Waals surface area contributed by atoms with E-state index in [2.05, 4.69) is 60.4 Å². The minimum absolute atomic E-state index is 0.804. The summed E-state index contributed by atoms with van der Waals surface area (Å²) in [6, 6.07) is 10.7. The highest BCUT2D eigenvalue weighted by atomic mass is 15.1. The number of aryl methyl sites for hydroxylation is 2. The van der Waals surface area contributed by atoms with Gasteiger partial charge in [-0.25, -0.2) is 0 Å². The summed E-state index contributed by atoms with van der Waals surface area (Å²) in [6.45, 7) is 5.06. The van der Waals surface area contributed by atoms with Crippen molar-refractivity contribution in [2.45, 2.75) is 20.4 Å². The van der Waals surface area contributed by atoms with E-state index < -0.39 is 0 Å². The van der Waals surface area contributed by atoms with Crippen LogP contribution < -0.4 is 10.2 Å². The number of hydrogen-bond acceptors (Lipinski definition) is 3. The van der Waals surface area contributed by atoms with Crippen LogP contribution >= 0.6 is 0 Å². The Morgan fingerprint density at radius 3 is 2.42 bits per heavy atom. The molecule has 2 rings (SSSR count). The van der Waals surface area contributed by atoms with Crippen molar-refractivity contribution in [2.75, 3.05) is 24.3 Å². The van der Waals surface area contributed by atoms with Crippen molar-refractivity contribution in [2.24, 2.45) is 0 Å². The van der Waals surface area contributed by atoms with Gasteiger partial charge in [-0.3, -0.25) is 4.98 Å². The summed E-state index contributed by atoms with van der Waals surface area (Å²) < 4.78 is 0. The molecule has 0 amide bonds. The highest BCUT2D eigenvalue weighted by molar-refractivity contribution is 5.51. The van der Waals surface area contributed by atoms with E-state index in [9.17, 15) is 0 Å². The molecule has 0 atom stereocenters. The lowest BCUT2D eigenvalue weighted by Crippen LogP contribution is -2.17. The number of nitrogens with one attached hydrogen (secondary N) is 1. The van der Waals surface area contributed by atoms with Crippen LogP contribution in [0.5, 0.6) is 0 Å². The summed E-state index contributed by atoms with van der Waals surface area (Å²) in [5.74, 6) is 0. The van der Waals surface area contributed by atoms with Crippen LogP contribution in [0.2, 0.25) is 0 Å². The monoisotopic (exact) mass is 255 g/mol. The van der Waals surface area contributed by atoms with Gasteiger partial charge >= 0.3 is 0 Å². The Hall–Kier alpha value is -2.03. The number of pyridine rings is 1. The number of aromatic nitrogens is 1. The van der Waals surface area contributed by atoms with Crippen LogP contribution in [0.15, 0.2) is 36.5 Å². The van der Waals surface area contributed by atoms with Gasteiger partial charge in [0.05, 0.1) is 12.2 Å². The fourth-order valence-corrected chi connectivity index (χ4v) is 2.23. The van der Waals surface area contributed by atoms with Crippen molar-refractivity contribution < 1.29 is 0 Å². The van der Waals surface area contributed by atoms with Gasteiger partial charge in [0.1, 0.15) is 0 Å². The Kier molecular flexibility index (Phi) is 4.05. The maximum absolute atomic E-state index is 4.42. The molecular weight excluding hydrogens is 234 g/mol. The second kappa shape index (κ2) is 5.74. The molecule has 0 saturated carbocycles. The van der Waals surface area contributed by atoms with Gasteiger partial charge in [-0.05, 0) is 49.2 Å². The van der Waals surface area contributed by atoms with Crippen LogP contribution in [0.25, 0.3) is 0 Å². The van der Waals surface area contributed by atoms with Crippen LogP contribution in [-0.4, -0.2) is 19.1 Å². The molecule has 0 aliphatic heterocycles. The van der Waals surface area contributed by atoms with Crippen LogP contribution in [0.3, 0.4) is 0 Å². The topological polar surface area (TPSA) is 28.2 Å². The maximum Gasteiger partial charge on any atom is 0.0617 e. The van der Waals surface area contributed by atoms with Gasteiger partial charge in [-0.15, -0.1) is 0 Å². The van der Waals surface area contributed by atoms with Crippen molar-refractivity contribution in [3.05, 3.63) is 53.3 Å². The predicted octanol–water partition coefficient (Wildman–Crippen LogP) is 3.38. The van der Waals surface area contributed by atoms with E-state index in [0.29, 0.717) is 0 Å². The molecule has 0 saturated heterocycles. The molecule has 0 fully saturated rings. The molecule has 0 aliphatic carbocycles. The first-order chi connectivity index (χ1) is 9.08. The van der Waals surface area contributed by atoms with Gasteiger partial charge in [0.15, 0.2) is 0 Å². The Bertz CT molecular complexity index is 543. The van der Waals surface area contributed by atoms with E-state index in [1.807, 2.05) is 19.3 Å². The molecule has 0 bridgehead atoms. The zero-order chi connectivity index (χ0) is 13.8. The van der Waals surface area contributed by atoms with Gasteiger partial charge < -0.3 is 10.2 Å². The Morgan fingerprint density at radius 2 is 1.79 bits per heavy atom. The average molecular weight is 255 g/mol. The van der Waals surface area contributed by atoms with Crippen molar-refractivity contribution in [1.29, 1.82) is 0 Å². The molecule has 0 unspecified atom stereocenters. The molecule has 0 aliphatic rings. The van der Waals surface area contributed by atoms with Crippen LogP contribution in [-0.2, 0) is 6.54 Å². The van der Waals surface area contributed by atoms with Crippen LogP contribution in [0.1, 0.15) is 16.8 Å². The minimum Gasteiger partial charge on any atom is -0.388 e. The third kappa shape index (κ3) is 3.47. The number of anilines is 2. The standard InChI is InChI=1S/C16H21N3/c1-12-7-13(2)9-16(8-12)19(4)11-15-10-14(17-3)5-6-18-15/h5-10H,11H2,1-4H3,(H,17,18). The molecule has 100 valence electrons. The van der Waals surface area contributed by atoms with Crippen molar-refractivity contribution in [3.63, 3.8) is 0 Å². The van der Waals surface area contributed by atoms with Crippen molar-refractivity contribution in [3.8, 4) is 0 Å². The summed E-state index contributed by atoms with van der Waals surface area (Å²) in [7, 11) is 4.02. The first-order valence-electron chi connectivity index (χ1n) is 6.50. The number of hydrogen-bond donors (Lipinski definition) is 1. The average Bonchev–Trinajstić information content (AvgIpc) is 2.37. The quantitative estimate of drug-likeness (QED) is 0.907. The van der Waals surface area contributed by atoms with E-state index in [4.69, 9.17) is 0 Å². The molecule has 3 nitrogen and oxygen atoms in total. The maximum atomic E-state index is 4.42. The fourth-order valence-electron chi connectivity index (χ4n) is 2.23. The number of nitrogens with zero attached hydrogens (tertiary/aromatic N) is 2. The summed E-state index contributed by atoms with van der Waals surface area (Å²) in [6.07, 6.45) is 1.84. The second-order valence-corrected chi connectivity index (χ2v) is 4.99. The molecule has 0 spiro atoms. The molecule has 3 heteroatoms. The first kappa shape index (κ1) is 13.4. The van der Waals surface area contributed by atoms with Gasteiger partial charge in [0, 0.05) is 31.7 Å². The third-order valence-electron chi connectivity index (χ3n) is 3.15. The molecule has 1 heterocycles. The Labute approximate surface area is 115 Å². The van der Waals surface area contributed by atoms with Gasteiger partial charge in [0.2, 0.25) is 0 Å². The Morgan fingerprint density at radius 1 is 1.11 bits per heavy atom. The third-order valence-corrected chi connectivity index (χ3v) is 3.15. The van der Waals surface area contributed by atoms with Crippen LogP contribution in [0.4, 0.5) is 11.4 Å². The summed E-state index contributed by atoms with van der Waals surface area (Å²) in [5.41, 5.74) is 5.97. The van der Waals surface area contributed by atoms with E-state index >= 15 is 0 Å². The SMILES string of the molecule is CNc1ccnc(CN(C)c2cc(C)cc(C)c2)c1. The van der Waals surface area contributed by atoms with Gasteiger partial charge in [-0.1, -0.05) is 6.07 Å². The minimum atomic E-state index is 0.804. The molecule has 1 aromatic carbocycles. The zero-order valence-corrected chi connectivity index (χ0v) is 12.1.